The van der Waals surface area contributed by atoms with Gasteiger partial charge in [0.15, 0.2) is 0 Å². The van der Waals surface area contributed by atoms with Crippen molar-refractivity contribution < 1.29 is 9.90 Å². The molecule has 2 aliphatic rings. The minimum Gasteiger partial charge on any atom is -0.388 e. The number of carbonyl (C=O) groups excluding carboxylic acids is 1. The topological polar surface area (TPSA) is 40.5 Å². The number of likely N-dealkylation sites (tertiary alicyclic amines) is 1. The molecule has 0 saturated carbocycles. The molecule has 1 unspecified atom stereocenters. The summed E-state index contributed by atoms with van der Waals surface area (Å²) in [5, 5.41) is 9.94. The predicted octanol–water partition coefficient (Wildman–Crippen LogP) is 1.38. The highest BCUT2D eigenvalue weighted by molar-refractivity contribution is 5.80. The molecule has 3 rings (SSSR count). The molecule has 1 N–H and O–H groups in total. The van der Waals surface area contributed by atoms with Gasteiger partial charge in [-0.3, -0.25) is 4.79 Å². The first kappa shape index (κ1) is 11.7. The minimum atomic E-state index is -0.693. The van der Waals surface area contributed by atoms with E-state index in [-0.39, 0.29) is 11.8 Å². The largest absolute Gasteiger partial charge is 0.388 e. The van der Waals surface area contributed by atoms with Crippen molar-refractivity contribution in [2.24, 2.45) is 5.92 Å². The molecule has 1 amide bonds. The van der Waals surface area contributed by atoms with E-state index >= 15 is 0 Å². The van der Waals surface area contributed by atoms with E-state index in [0.717, 1.165) is 12.8 Å². The molecule has 1 atom stereocenters. The first-order valence-electron chi connectivity index (χ1n) is 6.63. The van der Waals surface area contributed by atoms with Gasteiger partial charge in [0.25, 0.3) is 0 Å². The quantitative estimate of drug-likeness (QED) is 0.812. The number of β-amino-alcohol motifs (C(OH)–C–C–N with tert-alkyl or cyclic N) is 1. The summed E-state index contributed by atoms with van der Waals surface area (Å²) in [6.07, 6.45) is 2.40. The van der Waals surface area contributed by atoms with Crippen LogP contribution >= 0.6 is 0 Å². The molecule has 1 saturated heterocycles. The van der Waals surface area contributed by atoms with E-state index in [1.165, 1.54) is 11.1 Å². The number of hydrogen-bond acceptors (Lipinski definition) is 2. The first-order valence-corrected chi connectivity index (χ1v) is 6.63. The van der Waals surface area contributed by atoms with E-state index in [1.807, 2.05) is 24.0 Å². The van der Waals surface area contributed by atoms with Crippen molar-refractivity contribution in [2.75, 3.05) is 13.1 Å². The lowest BCUT2D eigenvalue weighted by Crippen LogP contribution is -2.37. The Balaban J connectivity index is 1.70. The highest BCUT2D eigenvalue weighted by Crippen LogP contribution is 2.30. The summed E-state index contributed by atoms with van der Waals surface area (Å²) in [5.41, 5.74) is 1.92. The second-order valence-corrected chi connectivity index (χ2v) is 5.88. The number of fused-ring (bicyclic) bond motifs is 1. The van der Waals surface area contributed by atoms with E-state index in [4.69, 9.17) is 0 Å². The number of carbonyl (C=O) groups is 1. The Hall–Kier alpha value is -1.35. The number of amides is 1. The zero-order valence-corrected chi connectivity index (χ0v) is 10.7. The van der Waals surface area contributed by atoms with Gasteiger partial charge < -0.3 is 10.0 Å². The SMILES string of the molecule is CC1(O)CCN(C(=O)C2Cc3ccccc3C2)C1. The third-order valence-corrected chi connectivity index (χ3v) is 4.16. The van der Waals surface area contributed by atoms with Gasteiger partial charge in [0.2, 0.25) is 5.91 Å². The number of hydrogen-bond donors (Lipinski definition) is 1. The van der Waals surface area contributed by atoms with Crippen LogP contribution < -0.4 is 0 Å². The lowest BCUT2D eigenvalue weighted by Gasteiger charge is -2.22. The van der Waals surface area contributed by atoms with E-state index in [9.17, 15) is 9.90 Å². The van der Waals surface area contributed by atoms with Crippen LogP contribution in [-0.4, -0.2) is 34.6 Å². The average molecular weight is 245 g/mol. The third kappa shape index (κ3) is 2.03. The molecule has 0 spiro atoms. The Morgan fingerprint density at radius 1 is 1.33 bits per heavy atom. The highest BCUT2D eigenvalue weighted by atomic mass is 16.3. The van der Waals surface area contributed by atoms with Gasteiger partial charge in [-0.15, -0.1) is 0 Å². The molecular formula is C15H19NO2. The fourth-order valence-corrected chi connectivity index (χ4v) is 3.12. The van der Waals surface area contributed by atoms with Gasteiger partial charge in [-0.1, -0.05) is 24.3 Å². The van der Waals surface area contributed by atoms with Crippen molar-refractivity contribution in [3.63, 3.8) is 0 Å². The van der Waals surface area contributed by atoms with E-state index in [0.29, 0.717) is 19.5 Å². The summed E-state index contributed by atoms with van der Waals surface area (Å²) >= 11 is 0. The van der Waals surface area contributed by atoms with Crippen LogP contribution in [-0.2, 0) is 17.6 Å². The maximum atomic E-state index is 12.4. The lowest BCUT2D eigenvalue weighted by molar-refractivity contribution is -0.135. The van der Waals surface area contributed by atoms with Crippen molar-refractivity contribution in [3.05, 3.63) is 35.4 Å². The van der Waals surface area contributed by atoms with Crippen LogP contribution in [0.3, 0.4) is 0 Å². The van der Waals surface area contributed by atoms with Crippen molar-refractivity contribution in [1.29, 1.82) is 0 Å². The standard InChI is InChI=1S/C15H19NO2/c1-15(18)6-7-16(10-15)14(17)13-8-11-4-2-3-5-12(11)9-13/h2-5,13,18H,6-10H2,1H3. The smallest absolute Gasteiger partial charge is 0.226 e. The Morgan fingerprint density at radius 2 is 1.94 bits per heavy atom. The number of benzene rings is 1. The normalized spacial score (nSPS) is 27.6. The van der Waals surface area contributed by atoms with Crippen molar-refractivity contribution in [2.45, 2.75) is 31.8 Å². The van der Waals surface area contributed by atoms with Gasteiger partial charge in [-0.2, -0.15) is 0 Å². The Morgan fingerprint density at radius 3 is 2.44 bits per heavy atom. The van der Waals surface area contributed by atoms with Gasteiger partial charge >= 0.3 is 0 Å². The van der Waals surface area contributed by atoms with Gasteiger partial charge in [-0.05, 0) is 37.3 Å². The van der Waals surface area contributed by atoms with Crippen LogP contribution in [0, 0.1) is 5.92 Å². The molecule has 18 heavy (non-hydrogen) atoms. The van der Waals surface area contributed by atoms with Crippen LogP contribution in [0.25, 0.3) is 0 Å². The van der Waals surface area contributed by atoms with Gasteiger partial charge in [-0.25, -0.2) is 0 Å². The molecule has 0 aromatic heterocycles. The monoisotopic (exact) mass is 245 g/mol. The van der Waals surface area contributed by atoms with Crippen LogP contribution in [0.4, 0.5) is 0 Å². The third-order valence-electron chi connectivity index (χ3n) is 4.16. The zero-order chi connectivity index (χ0) is 12.8. The van der Waals surface area contributed by atoms with E-state index < -0.39 is 5.60 Å². The maximum absolute atomic E-state index is 12.4. The molecule has 0 radical (unpaired) electrons. The fraction of sp³-hybridized carbons (Fsp3) is 0.533. The summed E-state index contributed by atoms with van der Waals surface area (Å²) in [5.74, 6) is 0.292. The van der Waals surface area contributed by atoms with Crippen molar-refractivity contribution in [1.82, 2.24) is 4.90 Å². The van der Waals surface area contributed by atoms with Gasteiger partial charge in [0.1, 0.15) is 0 Å². The second kappa shape index (κ2) is 4.09. The van der Waals surface area contributed by atoms with E-state index in [2.05, 4.69) is 12.1 Å². The van der Waals surface area contributed by atoms with Crippen molar-refractivity contribution in [3.8, 4) is 0 Å². The molecule has 1 aromatic carbocycles. The average Bonchev–Trinajstić information content (AvgIpc) is 2.91. The minimum absolute atomic E-state index is 0.0799. The molecule has 1 heterocycles. The van der Waals surface area contributed by atoms with Crippen LogP contribution in [0.2, 0.25) is 0 Å². The Kier molecular flexibility index (Phi) is 2.67. The molecule has 1 fully saturated rings. The van der Waals surface area contributed by atoms with Crippen LogP contribution in [0.5, 0.6) is 0 Å². The maximum Gasteiger partial charge on any atom is 0.226 e. The lowest BCUT2D eigenvalue weighted by atomic mass is 10.0. The van der Waals surface area contributed by atoms with Crippen LogP contribution in [0.15, 0.2) is 24.3 Å². The predicted molar refractivity (Wildman–Crippen MR) is 69.2 cm³/mol. The van der Waals surface area contributed by atoms with Gasteiger partial charge in [0, 0.05) is 19.0 Å². The molecular weight excluding hydrogens is 226 g/mol. The molecule has 1 aliphatic heterocycles. The summed E-state index contributed by atoms with van der Waals surface area (Å²) in [6.45, 7) is 2.99. The second-order valence-electron chi connectivity index (χ2n) is 5.88. The Bertz CT molecular complexity index is 456. The summed E-state index contributed by atoms with van der Waals surface area (Å²) < 4.78 is 0. The molecule has 3 heteroatoms. The van der Waals surface area contributed by atoms with Crippen molar-refractivity contribution >= 4 is 5.91 Å². The molecule has 0 bridgehead atoms. The molecule has 96 valence electrons. The summed E-state index contributed by atoms with van der Waals surface area (Å²) in [7, 11) is 0. The Labute approximate surface area is 107 Å². The highest BCUT2D eigenvalue weighted by Gasteiger charge is 2.38. The number of rotatable bonds is 1. The number of aliphatic hydroxyl groups is 1. The first-order chi connectivity index (χ1) is 8.55. The van der Waals surface area contributed by atoms with Gasteiger partial charge in [0.05, 0.1) is 5.60 Å². The summed E-state index contributed by atoms with van der Waals surface area (Å²) in [6, 6.07) is 8.30. The van der Waals surface area contributed by atoms with E-state index in [1.54, 1.807) is 0 Å². The fourth-order valence-electron chi connectivity index (χ4n) is 3.12. The van der Waals surface area contributed by atoms with Crippen LogP contribution in [0.1, 0.15) is 24.5 Å². The molecule has 1 aliphatic carbocycles. The zero-order valence-electron chi connectivity index (χ0n) is 10.7. The summed E-state index contributed by atoms with van der Waals surface area (Å²) in [4.78, 5) is 14.2. The molecule has 3 nitrogen and oxygen atoms in total. The molecule has 1 aromatic rings. The number of nitrogens with zero attached hydrogens (tertiary/aromatic N) is 1.